The largest absolute Gasteiger partial charge is 0.503 e. The average Bonchev–Trinajstić information content (AvgIpc) is 2.42. The van der Waals surface area contributed by atoms with Crippen molar-refractivity contribution in [2.24, 2.45) is 5.18 Å². The highest BCUT2D eigenvalue weighted by atomic mass is 16.5. The van der Waals surface area contributed by atoms with Gasteiger partial charge in [-0.05, 0) is 12.1 Å². The number of hydrogen-bond acceptors (Lipinski definition) is 6. The summed E-state index contributed by atoms with van der Waals surface area (Å²) in [6.45, 7) is -0.0868. The number of methoxy groups -OCH3 is 1. The van der Waals surface area contributed by atoms with E-state index in [1.807, 2.05) is 0 Å². The first-order valence-electron chi connectivity index (χ1n) is 5.23. The van der Waals surface area contributed by atoms with E-state index in [1.54, 1.807) is 24.4 Å². The van der Waals surface area contributed by atoms with Crippen LogP contribution in [0.4, 0.5) is 0 Å². The fourth-order valence-corrected chi connectivity index (χ4v) is 1.55. The van der Waals surface area contributed by atoms with Gasteiger partial charge in [0.15, 0.2) is 11.5 Å². The highest BCUT2D eigenvalue weighted by Gasteiger charge is 2.15. The summed E-state index contributed by atoms with van der Waals surface area (Å²) in [5.41, 5.74) is 1.19. The van der Waals surface area contributed by atoms with Gasteiger partial charge in [0.25, 0.3) is 0 Å². The van der Waals surface area contributed by atoms with E-state index in [1.165, 1.54) is 13.2 Å². The van der Waals surface area contributed by atoms with Crippen molar-refractivity contribution in [1.82, 2.24) is 9.97 Å². The van der Waals surface area contributed by atoms with Crippen molar-refractivity contribution in [1.29, 1.82) is 0 Å². The van der Waals surface area contributed by atoms with Gasteiger partial charge in [0.1, 0.15) is 12.2 Å². The summed E-state index contributed by atoms with van der Waals surface area (Å²) in [5, 5.41) is 12.8. The van der Waals surface area contributed by atoms with Crippen LogP contribution in [0, 0.1) is 4.91 Å². The van der Waals surface area contributed by atoms with Crippen LogP contribution in [0.2, 0.25) is 0 Å². The third-order valence-electron chi connectivity index (χ3n) is 2.36. The lowest BCUT2D eigenvalue weighted by Gasteiger charge is -2.09. The van der Waals surface area contributed by atoms with Gasteiger partial charge in [-0.25, -0.2) is 4.98 Å². The number of nitrogens with zero attached hydrogens (tertiary/aromatic N) is 3. The molecule has 0 aliphatic carbocycles. The molecule has 0 bridgehead atoms. The molecule has 0 saturated heterocycles. The molecule has 2 aromatic rings. The van der Waals surface area contributed by atoms with Crippen LogP contribution in [-0.4, -0.2) is 22.2 Å². The van der Waals surface area contributed by atoms with E-state index in [4.69, 9.17) is 4.74 Å². The van der Waals surface area contributed by atoms with Crippen molar-refractivity contribution in [2.45, 2.75) is 6.54 Å². The highest BCUT2D eigenvalue weighted by Crippen LogP contribution is 2.35. The standard InChI is InChI=1S/C12H11N3O3/c1-18-10-6-8(7-14-17)15-11(12(10)16)9-4-2-3-5-13-9/h2-6,16H,7H2,1H3. The van der Waals surface area contributed by atoms with Crippen molar-refractivity contribution in [3.63, 3.8) is 0 Å². The van der Waals surface area contributed by atoms with E-state index < -0.39 is 0 Å². The molecule has 2 heterocycles. The second-order valence-electron chi connectivity index (χ2n) is 3.52. The lowest BCUT2D eigenvalue weighted by Crippen LogP contribution is -1.96. The van der Waals surface area contributed by atoms with Crippen LogP contribution in [0.5, 0.6) is 11.5 Å². The minimum Gasteiger partial charge on any atom is -0.503 e. The van der Waals surface area contributed by atoms with Gasteiger partial charge >= 0.3 is 0 Å². The molecule has 0 amide bonds. The first-order valence-corrected chi connectivity index (χ1v) is 5.23. The van der Waals surface area contributed by atoms with Crippen molar-refractivity contribution in [2.75, 3.05) is 7.11 Å². The molecule has 0 atom stereocenters. The summed E-state index contributed by atoms with van der Waals surface area (Å²) >= 11 is 0. The SMILES string of the molecule is COc1cc(CN=O)nc(-c2ccccn2)c1O. The van der Waals surface area contributed by atoms with Crippen LogP contribution >= 0.6 is 0 Å². The van der Waals surface area contributed by atoms with E-state index in [2.05, 4.69) is 15.1 Å². The van der Waals surface area contributed by atoms with Gasteiger partial charge < -0.3 is 9.84 Å². The average molecular weight is 245 g/mol. The zero-order valence-electron chi connectivity index (χ0n) is 9.70. The Balaban J connectivity index is 2.58. The van der Waals surface area contributed by atoms with Crippen LogP contribution in [-0.2, 0) is 6.54 Å². The third kappa shape index (κ3) is 2.27. The summed E-state index contributed by atoms with van der Waals surface area (Å²) in [6.07, 6.45) is 1.59. The molecule has 18 heavy (non-hydrogen) atoms. The number of hydrogen-bond donors (Lipinski definition) is 1. The molecule has 1 N–H and O–H groups in total. The second-order valence-corrected chi connectivity index (χ2v) is 3.52. The smallest absolute Gasteiger partial charge is 0.186 e. The van der Waals surface area contributed by atoms with Crippen LogP contribution in [0.25, 0.3) is 11.4 Å². The van der Waals surface area contributed by atoms with E-state index in [0.29, 0.717) is 11.4 Å². The molecule has 0 aliphatic rings. The molecule has 0 saturated carbocycles. The lowest BCUT2D eigenvalue weighted by molar-refractivity contribution is 0.372. The quantitative estimate of drug-likeness (QED) is 0.834. The summed E-state index contributed by atoms with van der Waals surface area (Å²) in [4.78, 5) is 18.6. The maximum atomic E-state index is 10.3. The topological polar surface area (TPSA) is 84.7 Å². The first-order chi connectivity index (χ1) is 8.76. The maximum absolute atomic E-state index is 10.3. The number of nitroso groups, excluding NO2 is 1. The Morgan fingerprint density at radius 3 is 2.89 bits per heavy atom. The Bertz CT molecular complexity index is 558. The summed E-state index contributed by atoms with van der Waals surface area (Å²) < 4.78 is 5.03. The number of pyridine rings is 2. The summed E-state index contributed by atoms with van der Waals surface area (Å²) in [5.74, 6) is 0.134. The fourth-order valence-electron chi connectivity index (χ4n) is 1.55. The number of aromatic nitrogens is 2. The van der Waals surface area contributed by atoms with Gasteiger partial charge in [-0.2, -0.15) is 4.91 Å². The first kappa shape index (κ1) is 12.0. The van der Waals surface area contributed by atoms with Gasteiger partial charge in [-0.1, -0.05) is 11.2 Å². The molecule has 0 aromatic carbocycles. The van der Waals surface area contributed by atoms with E-state index in [0.717, 1.165) is 0 Å². The molecule has 6 heteroatoms. The Labute approximate surface area is 103 Å². The Morgan fingerprint density at radius 2 is 2.28 bits per heavy atom. The van der Waals surface area contributed by atoms with Gasteiger partial charge in [0.2, 0.25) is 0 Å². The maximum Gasteiger partial charge on any atom is 0.186 e. The molecule has 0 spiro atoms. The van der Waals surface area contributed by atoms with Crippen molar-refractivity contribution in [3.8, 4) is 22.9 Å². The van der Waals surface area contributed by atoms with Crippen LogP contribution in [0.1, 0.15) is 5.69 Å². The Kier molecular flexibility index (Phi) is 3.47. The lowest BCUT2D eigenvalue weighted by atomic mass is 10.2. The molecule has 92 valence electrons. The van der Waals surface area contributed by atoms with E-state index >= 15 is 0 Å². The molecule has 0 fully saturated rings. The Hall–Kier alpha value is -2.50. The van der Waals surface area contributed by atoms with Gasteiger partial charge in [-0.15, -0.1) is 0 Å². The van der Waals surface area contributed by atoms with E-state index in [9.17, 15) is 10.0 Å². The van der Waals surface area contributed by atoms with Gasteiger partial charge in [0.05, 0.1) is 18.5 Å². The van der Waals surface area contributed by atoms with Crippen molar-refractivity contribution < 1.29 is 9.84 Å². The molecule has 0 unspecified atom stereocenters. The van der Waals surface area contributed by atoms with Crippen LogP contribution in [0.15, 0.2) is 35.6 Å². The zero-order chi connectivity index (χ0) is 13.0. The summed E-state index contributed by atoms with van der Waals surface area (Å²) in [7, 11) is 1.43. The number of rotatable bonds is 4. The molecule has 0 radical (unpaired) electrons. The number of ether oxygens (including phenoxy) is 1. The molecule has 6 nitrogen and oxygen atoms in total. The molecule has 2 aromatic heterocycles. The second kappa shape index (κ2) is 5.22. The van der Waals surface area contributed by atoms with Crippen molar-refractivity contribution in [3.05, 3.63) is 41.1 Å². The minimum absolute atomic E-state index is 0.0868. The molecular weight excluding hydrogens is 234 g/mol. The minimum atomic E-state index is -0.106. The van der Waals surface area contributed by atoms with Crippen molar-refractivity contribution >= 4 is 0 Å². The highest BCUT2D eigenvalue weighted by molar-refractivity contribution is 5.66. The fraction of sp³-hybridized carbons (Fsp3) is 0.167. The molecule has 0 aliphatic heterocycles. The normalized spacial score (nSPS) is 10.1. The third-order valence-corrected chi connectivity index (χ3v) is 2.36. The predicted molar refractivity (Wildman–Crippen MR) is 65.2 cm³/mol. The summed E-state index contributed by atoms with van der Waals surface area (Å²) in [6, 6.07) is 6.72. The van der Waals surface area contributed by atoms with Gasteiger partial charge in [0, 0.05) is 12.3 Å². The van der Waals surface area contributed by atoms with E-state index in [-0.39, 0.29) is 23.7 Å². The predicted octanol–water partition coefficient (Wildman–Crippen LogP) is 2.12. The van der Waals surface area contributed by atoms with Gasteiger partial charge in [-0.3, -0.25) is 4.98 Å². The zero-order valence-corrected chi connectivity index (χ0v) is 9.70. The van der Waals surface area contributed by atoms with Crippen LogP contribution < -0.4 is 4.74 Å². The Morgan fingerprint density at radius 1 is 1.44 bits per heavy atom. The molecule has 2 rings (SSSR count). The molecular formula is C12H11N3O3. The number of aromatic hydroxyl groups is 1. The monoisotopic (exact) mass is 245 g/mol. The van der Waals surface area contributed by atoms with Crippen LogP contribution in [0.3, 0.4) is 0 Å².